The summed E-state index contributed by atoms with van der Waals surface area (Å²) in [6.45, 7) is 10.6. The lowest BCUT2D eigenvalue weighted by Gasteiger charge is -2.35. The number of anilines is 1. The van der Waals surface area contributed by atoms with E-state index >= 15 is 0 Å². The number of halogens is 1. The van der Waals surface area contributed by atoms with Crippen molar-refractivity contribution in [3.8, 4) is 0 Å². The van der Waals surface area contributed by atoms with Crippen LogP contribution in [0.25, 0.3) is 10.9 Å². The third-order valence-electron chi connectivity index (χ3n) is 7.48. The molecule has 6 heteroatoms. The number of rotatable bonds is 12. The fraction of sp³-hybridized carbons (Fsp3) is 0.500. The Morgan fingerprint density at radius 2 is 1.75 bits per heavy atom. The monoisotopic (exact) mass is 508 g/mol. The highest BCUT2D eigenvalue weighted by molar-refractivity contribution is 6.31. The van der Waals surface area contributed by atoms with Crippen LogP contribution in [-0.4, -0.2) is 66.0 Å². The maximum Gasteiger partial charge on any atom is 0.228 e. The molecule has 2 aromatic carbocycles. The highest BCUT2D eigenvalue weighted by Gasteiger charge is 2.23. The zero-order chi connectivity index (χ0) is 25.3. The number of carbonyl (C=O) groups is 1. The van der Waals surface area contributed by atoms with E-state index in [-0.39, 0.29) is 11.9 Å². The van der Waals surface area contributed by atoms with Gasteiger partial charge in [-0.2, -0.15) is 0 Å². The first-order valence-electron chi connectivity index (χ1n) is 13.6. The Hall–Kier alpha value is -2.34. The molecule has 0 radical (unpaired) electrons. The van der Waals surface area contributed by atoms with Crippen LogP contribution in [0.15, 0.2) is 54.7 Å². The Morgan fingerprint density at radius 3 is 2.47 bits per heavy atom. The largest absolute Gasteiger partial charge is 0.361 e. The number of hydrogen-bond acceptors (Lipinski definition) is 3. The summed E-state index contributed by atoms with van der Waals surface area (Å²) >= 11 is 6.20. The van der Waals surface area contributed by atoms with Gasteiger partial charge in [-0.1, -0.05) is 49.6 Å². The van der Waals surface area contributed by atoms with Gasteiger partial charge < -0.3 is 19.7 Å². The Labute approximate surface area is 221 Å². The Morgan fingerprint density at radius 1 is 1.03 bits per heavy atom. The maximum atomic E-state index is 13.3. The van der Waals surface area contributed by atoms with Crippen LogP contribution in [-0.2, 0) is 11.2 Å². The van der Waals surface area contributed by atoms with Crippen molar-refractivity contribution in [1.82, 2.24) is 14.8 Å². The molecule has 1 aliphatic heterocycles. The molecule has 1 atom stereocenters. The second-order valence-corrected chi connectivity index (χ2v) is 10.6. The van der Waals surface area contributed by atoms with Crippen LogP contribution in [0.1, 0.15) is 51.5 Å². The van der Waals surface area contributed by atoms with Crippen molar-refractivity contribution in [2.75, 3.05) is 44.2 Å². The van der Waals surface area contributed by atoms with E-state index in [0.717, 1.165) is 87.6 Å². The SMILES string of the molecule is CCCCC(C)N(C(=O)CCN1CCN(CCCc2c[nH]c3ccc(Cl)cc23)CC1)c1ccccc1. The van der Waals surface area contributed by atoms with Gasteiger partial charge in [0.25, 0.3) is 0 Å². The average Bonchev–Trinajstić information content (AvgIpc) is 3.29. The van der Waals surface area contributed by atoms with Crippen molar-refractivity contribution >= 4 is 34.1 Å². The van der Waals surface area contributed by atoms with E-state index in [2.05, 4.69) is 59.1 Å². The van der Waals surface area contributed by atoms with E-state index in [0.29, 0.717) is 6.42 Å². The molecule has 1 aromatic heterocycles. The van der Waals surface area contributed by atoms with Crippen molar-refractivity contribution in [3.63, 3.8) is 0 Å². The number of nitrogens with one attached hydrogen (secondary N) is 1. The second kappa shape index (κ2) is 13.3. The second-order valence-electron chi connectivity index (χ2n) is 10.1. The van der Waals surface area contributed by atoms with E-state index in [1.165, 1.54) is 10.9 Å². The van der Waals surface area contributed by atoms with Crippen LogP contribution < -0.4 is 4.90 Å². The fourth-order valence-electron chi connectivity index (χ4n) is 5.32. The number of aromatic amines is 1. The number of para-hydroxylation sites is 1. The first-order chi connectivity index (χ1) is 17.5. The molecule has 1 aliphatic rings. The summed E-state index contributed by atoms with van der Waals surface area (Å²) in [7, 11) is 0. The van der Waals surface area contributed by atoms with Crippen LogP contribution in [0.4, 0.5) is 5.69 Å². The van der Waals surface area contributed by atoms with Gasteiger partial charge >= 0.3 is 0 Å². The average molecular weight is 509 g/mol. The van der Waals surface area contributed by atoms with Gasteiger partial charge in [0.1, 0.15) is 0 Å². The summed E-state index contributed by atoms with van der Waals surface area (Å²) < 4.78 is 0. The molecule has 2 heterocycles. The van der Waals surface area contributed by atoms with Gasteiger partial charge in [0.15, 0.2) is 0 Å². The molecule has 0 saturated carbocycles. The van der Waals surface area contributed by atoms with Gasteiger partial charge in [-0.3, -0.25) is 4.79 Å². The number of fused-ring (bicyclic) bond motifs is 1. The Balaban J connectivity index is 1.21. The zero-order valence-electron chi connectivity index (χ0n) is 21.9. The molecule has 4 rings (SSSR count). The van der Waals surface area contributed by atoms with Gasteiger partial charge in [0.2, 0.25) is 5.91 Å². The molecule has 194 valence electrons. The van der Waals surface area contributed by atoms with Gasteiger partial charge in [-0.15, -0.1) is 0 Å². The molecular weight excluding hydrogens is 468 g/mol. The molecule has 0 bridgehead atoms. The lowest BCUT2D eigenvalue weighted by atomic mass is 10.1. The van der Waals surface area contributed by atoms with E-state index in [4.69, 9.17) is 11.6 Å². The number of benzene rings is 2. The number of aromatic nitrogens is 1. The quantitative estimate of drug-likeness (QED) is 0.309. The van der Waals surface area contributed by atoms with Gasteiger partial charge in [-0.05, 0) is 68.6 Å². The molecule has 1 amide bonds. The third-order valence-corrected chi connectivity index (χ3v) is 7.71. The van der Waals surface area contributed by atoms with Crippen LogP contribution in [0.3, 0.4) is 0 Å². The lowest BCUT2D eigenvalue weighted by molar-refractivity contribution is -0.119. The van der Waals surface area contributed by atoms with Crippen molar-refractivity contribution in [3.05, 3.63) is 65.3 Å². The summed E-state index contributed by atoms with van der Waals surface area (Å²) in [6.07, 6.45) is 8.24. The number of hydrogen-bond donors (Lipinski definition) is 1. The molecule has 3 aromatic rings. The first kappa shape index (κ1) is 26.7. The lowest BCUT2D eigenvalue weighted by Crippen LogP contribution is -2.48. The standard InChI is InChI=1S/C30H41ClN4O/c1-3-4-9-24(2)35(27-11-6-5-7-12-27)30(36)15-17-34-20-18-33(19-21-34)16-8-10-25-23-32-29-14-13-26(31)22-28(25)29/h5-7,11-14,22-24,32H,3-4,8-10,15-21H2,1-2H3. The summed E-state index contributed by atoms with van der Waals surface area (Å²) in [4.78, 5) is 23.7. The van der Waals surface area contributed by atoms with Crippen molar-refractivity contribution in [1.29, 1.82) is 0 Å². The van der Waals surface area contributed by atoms with Crippen molar-refractivity contribution < 1.29 is 4.79 Å². The number of piperazine rings is 1. The third kappa shape index (κ3) is 7.12. The zero-order valence-corrected chi connectivity index (χ0v) is 22.6. The van der Waals surface area contributed by atoms with Gasteiger partial charge in [-0.25, -0.2) is 0 Å². The normalized spacial score (nSPS) is 15.9. The number of H-pyrrole nitrogens is 1. The highest BCUT2D eigenvalue weighted by atomic mass is 35.5. The molecule has 1 saturated heterocycles. The number of amides is 1. The van der Waals surface area contributed by atoms with Crippen LogP contribution in [0.2, 0.25) is 5.02 Å². The molecular formula is C30H41ClN4O. The highest BCUT2D eigenvalue weighted by Crippen LogP contribution is 2.24. The molecule has 0 spiro atoms. The molecule has 1 N–H and O–H groups in total. The summed E-state index contributed by atoms with van der Waals surface area (Å²) in [6, 6.07) is 16.5. The van der Waals surface area contributed by atoms with E-state index < -0.39 is 0 Å². The fourth-order valence-corrected chi connectivity index (χ4v) is 5.49. The minimum Gasteiger partial charge on any atom is -0.361 e. The molecule has 1 fully saturated rings. The van der Waals surface area contributed by atoms with Crippen molar-refractivity contribution in [2.45, 2.75) is 58.4 Å². The van der Waals surface area contributed by atoms with Gasteiger partial charge in [0.05, 0.1) is 0 Å². The molecule has 36 heavy (non-hydrogen) atoms. The molecule has 5 nitrogen and oxygen atoms in total. The van der Waals surface area contributed by atoms with Crippen molar-refractivity contribution in [2.24, 2.45) is 0 Å². The van der Waals surface area contributed by atoms with Crippen LogP contribution in [0, 0.1) is 0 Å². The van der Waals surface area contributed by atoms with E-state index in [1.54, 1.807) is 0 Å². The molecule has 1 unspecified atom stereocenters. The van der Waals surface area contributed by atoms with E-state index in [9.17, 15) is 4.79 Å². The maximum absolute atomic E-state index is 13.3. The first-order valence-corrected chi connectivity index (χ1v) is 14.0. The van der Waals surface area contributed by atoms with Gasteiger partial charge in [0, 0.05) is 73.0 Å². The molecule has 0 aliphatic carbocycles. The summed E-state index contributed by atoms with van der Waals surface area (Å²) in [5.74, 6) is 0.242. The minimum absolute atomic E-state index is 0.227. The number of unbranched alkanes of at least 4 members (excludes halogenated alkanes) is 1. The summed E-state index contributed by atoms with van der Waals surface area (Å²) in [5, 5.41) is 2.03. The smallest absolute Gasteiger partial charge is 0.228 e. The number of nitrogens with zero attached hydrogens (tertiary/aromatic N) is 3. The summed E-state index contributed by atoms with van der Waals surface area (Å²) in [5.41, 5.74) is 3.53. The topological polar surface area (TPSA) is 42.6 Å². The number of aryl methyl sites for hydroxylation is 1. The number of carbonyl (C=O) groups excluding carboxylic acids is 1. The Kier molecular flexibility index (Phi) is 9.85. The minimum atomic E-state index is 0.227. The predicted molar refractivity (Wildman–Crippen MR) is 152 cm³/mol. The van der Waals surface area contributed by atoms with Crippen LogP contribution >= 0.6 is 11.6 Å². The predicted octanol–water partition coefficient (Wildman–Crippen LogP) is 6.37. The van der Waals surface area contributed by atoms with E-state index in [1.807, 2.05) is 29.2 Å². The van der Waals surface area contributed by atoms with Crippen LogP contribution in [0.5, 0.6) is 0 Å². The Bertz CT molecular complexity index is 1090.